The predicted octanol–water partition coefficient (Wildman–Crippen LogP) is 3.91. The maximum absolute atomic E-state index is 11.9. The maximum Gasteiger partial charge on any atom is 0.216 e. The van der Waals surface area contributed by atoms with Gasteiger partial charge in [-0.25, -0.2) is 0 Å². The Bertz CT molecular complexity index is 549. The molecule has 0 spiro atoms. The molecule has 0 bridgehead atoms. The van der Waals surface area contributed by atoms with E-state index in [1.165, 1.54) is 0 Å². The molecule has 2 aromatic rings. The van der Waals surface area contributed by atoms with E-state index in [2.05, 4.69) is 0 Å². The van der Waals surface area contributed by atoms with Gasteiger partial charge in [-0.3, -0.25) is 0 Å². The molecular weight excluding hydrogens is 234 g/mol. The molecule has 2 aromatic carbocycles. The van der Waals surface area contributed by atoms with Gasteiger partial charge in [-0.15, -0.1) is 0 Å². The Kier molecular flexibility index (Phi) is 3.45. The van der Waals surface area contributed by atoms with Gasteiger partial charge in [-0.1, -0.05) is 29.8 Å². The maximum atomic E-state index is 11.9. The summed E-state index contributed by atoms with van der Waals surface area (Å²) in [5.41, 5.74) is 2.34. The first-order valence-electron chi connectivity index (χ1n) is 5.29. The molecular formula is C14H12ClNO. The van der Waals surface area contributed by atoms with Crippen LogP contribution in [0.15, 0.2) is 48.5 Å². The molecule has 0 aliphatic heterocycles. The van der Waals surface area contributed by atoms with Gasteiger partial charge in [-0.05, 0) is 30.7 Å². The molecule has 0 heterocycles. The lowest BCUT2D eigenvalue weighted by Gasteiger charge is -2.04. The molecule has 0 amide bonds. The Hall–Kier alpha value is -1.80. The highest BCUT2D eigenvalue weighted by Gasteiger charge is 2.04. The molecule has 2 nitrogen and oxygen atoms in total. The number of rotatable bonds is 2. The van der Waals surface area contributed by atoms with Crippen LogP contribution in [-0.4, -0.2) is 11.0 Å². The average molecular weight is 246 g/mol. The molecule has 0 radical (unpaired) electrons. The van der Waals surface area contributed by atoms with Gasteiger partial charge in [0.2, 0.25) is 5.69 Å². The Morgan fingerprint density at radius 2 is 1.82 bits per heavy atom. The fourth-order valence-corrected chi connectivity index (χ4v) is 1.63. The fraction of sp³-hybridized carbons (Fsp3) is 0.0714. The van der Waals surface area contributed by atoms with Gasteiger partial charge in [0.05, 0.1) is 0 Å². The second-order valence-electron chi connectivity index (χ2n) is 3.80. The summed E-state index contributed by atoms with van der Waals surface area (Å²) in [6, 6.07) is 14.7. The summed E-state index contributed by atoms with van der Waals surface area (Å²) in [6.45, 7) is 1.88. The average Bonchev–Trinajstić information content (AvgIpc) is 2.34. The van der Waals surface area contributed by atoms with Crippen LogP contribution in [0.4, 0.5) is 5.69 Å². The van der Waals surface area contributed by atoms with E-state index in [-0.39, 0.29) is 0 Å². The van der Waals surface area contributed by atoms with Gasteiger partial charge in [-0.2, -0.15) is 4.74 Å². The van der Waals surface area contributed by atoms with Crippen LogP contribution in [0.5, 0.6) is 0 Å². The van der Waals surface area contributed by atoms with E-state index < -0.39 is 0 Å². The second-order valence-corrected chi connectivity index (χ2v) is 4.21. The van der Waals surface area contributed by atoms with Crippen LogP contribution in [0.1, 0.15) is 11.1 Å². The smallest absolute Gasteiger partial charge is 0.216 e. The number of aryl methyl sites for hydroxylation is 1. The van der Waals surface area contributed by atoms with Gasteiger partial charge < -0.3 is 5.21 Å². The van der Waals surface area contributed by atoms with Gasteiger partial charge >= 0.3 is 0 Å². The minimum Gasteiger partial charge on any atom is -0.618 e. The molecule has 0 fully saturated rings. The summed E-state index contributed by atoms with van der Waals surface area (Å²) in [5, 5.41) is 12.6. The lowest BCUT2D eigenvalue weighted by Crippen LogP contribution is -1.98. The highest BCUT2D eigenvalue weighted by atomic mass is 35.5. The Labute approximate surface area is 105 Å². The SMILES string of the molecule is Cc1cc([N+]([O-])=Cc2ccccc2)ccc1Cl. The van der Waals surface area contributed by atoms with Crippen molar-refractivity contribution in [2.45, 2.75) is 6.92 Å². The first-order valence-corrected chi connectivity index (χ1v) is 5.67. The number of hydrogen-bond donors (Lipinski definition) is 0. The Morgan fingerprint density at radius 3 is 2.47 bits per heavy atom. The topological polar surface area (TPSA) is 26.1 Å². The van der Waals surface area contributed by atoms with Crippen LogP contribution < -0.4 is 0 Å². The Balaban J connectivity index is 2.34. The van der Waals surface area contributed by atoms with Crippen LogP contribution in [0.3, 0.4) is 0 Å². The molecule has 2 rings (SSSR count). The normalized spacial score (nSPS) is 11.5. The van der Waals surface area contributed by atoms with Crippen LogP contribution >= 0.6 is 11.6 Å². The van der Waals surface area contributed by atoms with E-state index in [0.717, 1.165) is 15.9 Å². The first kappa shape index (κ1) is 11.7. The zero-order valence-electron chi connectivity index (χ0n) is 9.43. The van der Waals surface area contributed by atoms with Crippen molar-refractivity contribution < 1.29 is 4.74 Å². The Morgan fingerprint density at radius 1 is 1.12 bits per heavy atom. The molecule has 0 aromatic heterocycles. The lowest BCUT2D eigenvalue weighted by molar-refractivity contribution is -0.354. The summed E-state index contributed by atoms with van der Waals surface area (Å²) >= 11 is 5.91. The van der Waals surface area contributed by atoms with Gasteiger partial charge in [0, 0.05) is 22.7 Å². The fourth-order valence-electron chi connectivity index (χ4n) is 1.51. The van der Waals surface area contributed by atoms with E-state index in [1.807, 2.05) is 37.3 Å². The van der Waals surface area contributed by atoms with Crippen molar-refractivity contribution in [3.8, 4) is 0 Å². The molecule has 3 heteroatoms. The van der Waals surface area contributed by atoms with Crippen molar-refractivity contribution in [1.82, 2.24) is 0 Å². The summed E-state index contributed by atoms with van der Waals surface area (Å²) < 4.78 is 0.846. The third-order valence-corrected chi connectivity index (χ3v) is 2.89. The molecule has 17 heavy (non-hydrogen) atoms. The monoisotopic (exact) mass is 245 g/mol. The van der Waals surface area contributed by atoms with Gasteiger partial charge in [0.25, 0.3) is 0 Å². The van der Waals surface area contributed by atoms with Crippen LogP contribution in [0.25, 0.3) is 0 Å². The third kappa shape index (κ3) is 2.86. The minimum atomic E-state index is 0.579. The number of halogens is 1. The highest BCUT2D eigenvalue weighted by Crippen LogP contribution is 2.20. The van der Waals surface area contributed by atoms with Crippen molar-refractivity contribution in [3.63, 3.8) is 0 Å². The molecule has 0 saturated heterocycles. The van der Waals surface area contributed by atoms with Crippen molar-refractivity contribution in [2.75, 3.05) is 0 Å². The molecule has 0 aliphatic rings. The van der Waals surface area contributed by atoms with Crippen molar-refractivity contribution >= 4 is 23.5 Å². The number of hydrogen-bond acceptors (Lipinski definition) is 1. The van der Waals surface area contributed by atoms with E-state index in [9.17, 15) is 5.21 Å². The number of benzene rings is 2. The standard InChI is InChI=1S/C14H12ClNO/c1-11-9-13(7-8-14(11)15)16(17)10-12-5-3-2-4-6-12/h2-10H,1H3. The molecule has 0 aliphatic carbocycles. The lowest BCUT2D eigenvalue weighted by atomic mass is 10.2. The molecule has 0 N–H and O–H groups in total. The predicted molar refractivity (Wildman–Crippen MR) is 71.1 cm³/mol. The van der Waals surface area contributed by atoms with E-state index in [0.29, 0.717) is 10.7 Å². The van der Waals surface area contributed by atoms with E-state index >= 15 is 0 Å². The molecule has 0 unspecified atom stereocenters. The molecule has 0 atom stereocenters. The highest BCUT2D eigenvalue weighted by molar-refractivity contribution is 6.31. The van der Waals surface area contributed by atoms with E-state index in [4.69, 9.17) is 11.6 Å². The van der Waals surface area contributed by atoms with Crippen LogP contribution in [0, 0.1) is 12.1 Å². The first-order chi connectivity index (χ1) is 8.16. The van der Waals surface area contributed by atoms with Crippen molar-refractivity contribution in [2.24, 2.45) is 0 Å². The van der Waals surface area contributed by atoms with Crippen LogP contribution in [0.2, 0.25) is 5.02 Å². The quantitative estimate of drug-likeness (QED) is 0.341. The van der Waals surface area contributed by atoms with Crippen LogP contribution in [-0.2, 0) is 0 Å². The summed E-state index contributed by atoms with van der Waals surface area (Å²) in [5.74, 6) is 0. The third-order valence-electron chi connectivity index (χ3n) is 2.46. The molecule has 86 valence electrons. The van der Waals surface area contributed by atoms with Gasteiger partial charge in [0.1, 0.15) is 0 Å². The summed E-state index contributed by atoms with van der Waals surface area (Å²) in [4.78, 5) is 0. The van der Waals surface area contributed by atoms with Crippen molar-refractivity contribution in [1.29, 1.82) is 0 Å². The van der Waals surface area contributed by atoms with E-state index in [1.54, 1.807) is 24.4 Å². The largest absolute Gasteiger partial charge is 0.618 e. The van der Waals surface area contributed by atoms with Crippen molar-refractivity contribution in [3.05, 3.63) is 69.9 Å². The zero-order valence-corrected chi connectivity index (χ0v) is 10.2. The second kappa shape index (κ2) is 5.02. The molecule has 0 saturated carbocycles. The minimum absolute atomic E-state index is 0.579. The zero-order chi connectivity index (χ0) is 12.3. The number of nitrogens with zero attached hydrogens (tertiary/aromatic N) is 1. The summed E-state index contributed by atoms with van der Waals surface area (Å²) in [7, 11) is 0. The summed E-state index contributed by atoms with van der Waals surface area (Å²) in [6.07, 6.45) is 1.54. The van der Waals surface area contributed by atoms with Gasteiger partial charge in [0.15, 0.2) is 6.21 Å².